The summed E-state index contributed by atoms with van der Waals surface area (Å²) in [6, 6.07) is 0. The smallest absolute Gasteiger partial charge is 0.303 e. The van der Waals surface area contributed by atoms with Crippen molar-refractivity contribution in [1.82, 2.24) is 10.2 Å². The highest BCUT2D eigenvalue weighted by atomic mass is 16.4. The number of carbonyl (C=O) groups is 5. The van der Waals surface area contributed by atoms with Crippen LogP contribution in [0.25, 0.3) is 0 Å². The van der Waals surface area contributed by atoms with Crippen LogP contribution in [-0.4, -0.2) is 39.6 Å². The molecule has 0 aromatic carbocycles. The van der Waals surface area contributed by atoms with Crippen LogP contribution in [0.1, 0.15) is 32.1 Å². The first-order chi connectivity index (χ1) is 9.41. The van der Waals surface area contributed by atoms with Gasteiger partial charge in [-0.25, -0.2) is 4.90 Å². The minimum Gasteiger partial charge on any atom is -0.481 e. The van der Waals surface area contributed by atoms with Crippen LogP contribution >= 0.6 is 0 Å². The summed E-state index contributed by atoms with van der Waals surface area (Å²) in [4.78, 5) is 57.8. The Kier molecular flexibility index (Phi) is 3.64. The van der Waals surface area contributed by atoms with E-state index in [4.69, 9.17) is 5.11 Å². The lowest BCUT2D eigenvalue weighted by Gasteiger charge is -2.14. The van der Waals surface area contributed by atoms with Crippen molar-refractivity contribution in [3.63, 3.8) is 0 Å². The molecule has 0 atom stereocenters. The van der Waals surface area contributed by atoms with Crippen LogP contribution in [0.2, 0.25) is 0 Å². The van der Waals surface area contributed by atoms with Gasteiger partial charge in [-0.15, -0.1) is 0 Å². The number of aliphatic carboxylic acids is 1. The quantitative estimate of drug-likeness (QED) is 0.642. The second-order valence-electron chi connectivity index (χ2n) is 4.48. The lowest BCUT2D eigenvalue weighted by molar-refractivity contribution is -0.139. The minimum atomic E-state index is -1.02. The van der Waals surface area contributed by atoms with Crippen molar-refractivity contribution in [2.45, 2.75) is 32.1 Å². The normalized spacial score (nSPS) is 19.1. The number of imide groups is 2. The fraction of sp³-hybridized carbons (Fsp3) is 0.417. The monoisotopic (exact) mass is 280 g/mol. The summed E-state index contributed by atoms with van der Waals surface area (Å²) in [7, 11) is 0. The van der Waals surface area contributed by atoms with Gasteiger partial charge in [0, 0.05) is 24.8 Å². The van der Waals surface area contributed by atoms with Gasteiger partial charge in [0.05, 0.1) is 0 Å². The fourth-order valence-corrected chi connectivity index (χ4v) is 2.19. The van der Waals surface area contributed by atoms with Crippen molar-refractivity contribution in [3.8, 4) is 0 Å². The number of carbonyl (C=O) groups excluding carboxylic acids is 4. The Morgan fingerprint density at radius 2 is 1.70 bits per heavy atom. The molecular formula is C12H12N2O6. The molecule has 0 aromatic rings. The van der Waals surface area contributed by atoms with E-state index in [1.807, 2.05) is 5.32 Å². The summed E-state index contributed by atoms with van der Waals surface area (Å²) in [6.45, 7) is 0. The van der Waals surface area contributed by atoms with Crippen molar-refractivity contribution in [2.24, 2.45) is 0 Å². The van der Waals surface area contributed by atoms with Crippen LogP contribution in [0.15, 0.2) is 11.3 Å². The molecule has 0 aromatic heterocycles. The number of nitrogens with zero attached hydrogens (tertiary/aromatic N) is 1. The van der Waals surface area contributed by atoms with Crippen LogP contribution in [0.5, 0.6) is 0 Å². The predicted molar refractivity (Wildman–Crippen MR) is 62.7 cm³/mol. The number of amides is 4. The molecule has 0 unspecified atom stereocenters. The molecule has 8 heteroatoms. The van der Waals surface area contributed by atoms with E-state index in [0.29, 0.717) is 0 Å². The molecule has 1 fully saturated rings. The largest absolute Gasteiger partial charge is 0.481 e. The molecule has 2 heterocycles. The maximum absolute atomic E-state index is 11.7. The van der Waals surface area contributed by atoms with Crippen molar-refractivity contribution < 1.29 is 29.1 Å². The molecule has 2 aliphatic heterocycles. The first-order valence-corrected chi connectivity index (χ1v) is 6.08. The number of carboxylic acids is 1. The van der Waals surface area contributed by atoms with Gasteiger partial charge in [-0.05, 0) is 12.8 Å². The first kappa shape index (κ1) is 13.9. The third kappa shape index (κ3) is 2.44. The standard InChI is InChI=1S/C12H12N2O6/c15-7-4-5-8(16)14(7)10-6(2-1-3-9(17)18)11(19)13-12(10)20/h1-5H2,(H,17,18)(H,13,19,20). The molecule has 106 valence electrons. The first-order valence-electron chi connectivity index (χ1n) is 6.08. The van der Waals surface area contributed by atoms with Gasteiger partial charge in [0.1, 0.15) is 5.70 Å². The highest BCUT2D eigenvalue weighted by Crippen LogP contribution is 2.26. The summed E-state index contributed by atoms with van der Waals surface area (Å²) in [5, 5.41) is 10.6. The Morgan fingerprint density at radius 3 is 2.25 bits per heavy atom. The number of hydrogen-bond acceptors (Lipinski definition) is 5. The van der Waals surface area contributed by atoms with Gasteiger partial charge in [0.25, 0.3) is 11.8 Å². The molecule has 0 aliphatic carbocycles. The molecule has 2 N–H and O–H groups in total. The number of hydrogen-bond donors (Lipinski definition) is 2. The average molecular weight is 280 g/mol. The zero-order valence-corrected chi connectivity index (χ0v) is 10.5. The van der Waals surface area contributed by atoms with E-state index in [1.165, 1.54) is 0 Å². The lowest BCUT2D eigenvalue weighted by Crippen LogP contribution is -2.34. The Hall–Kier alpha value is -2.51. The fourth-order valence-electron chi connectivity index (χ4n) is 2.19. The van der Waals surface area contributed by atoms with Gasteiger partial charge in [0.15, 0.2) is 0 Å². The van der Waals surface area contributed by atoms with Gasteiger partial charge in [-0.2, -0.15) is 0 Å². The summed E-state index contributed by atoms with van der Waals surface area (Å²) in [5.74, 6) is -3.53. The molecule has 20 heavy (non-hydrogen) atoms. The van der Waals surface area contributed by atoms with Crippen LogP contribution in [0, 0.1) is 0 Å². The molecule has 4 amide bonds. The van der Waals surface area contributed by atoms with Gasteiger partial charge < -0.3 is 5.11 Å². The Balaban J connectivity index is 2.27. The Labute approximate surface area is 113 Å². The third-order valence-electron chi connectivity index (χ3n) is 3.09. The number of nitrogens with one attached hydrogen (secondary N) is 1. The predicted octanol–water partition coefficient (Wildman–Crippen LogP) is -0.699. The molecule has 0 spiro atoms. The van der Waals surface area contributed by atoms with Crippen molar-refractivity contribution in [1.29, 1.82) is 0 Å². The highest BCUT2D eigenvalue weighted by Gasteiger charge is 2.41. The Morgan fingerprint density at radius 1 is 1.10 bits per heavy atom. The molecule has 0 saturated carbocycles. The van der Waals surface area contributed by atoms with Gasteiger partial charge >= 0.3 is 5.97 Å². The molecule has 2 rings (SSSR count). The summed E-state index contributed by atoms with van der Waals surface area (Å²) >= 11 is 0. The van der Waals surface area contributed by atoms with E-state index in [-0.39, 0.29) is 43.4 Å². The van der Waals surface area contributed by atoms with Crippen molar-refractivity contribution >= 4 is 29.6 Å². The molecule has 0 radical (unpaired) electrons. The summed E-state index contributed by atoms with van der Waals surface area (Å²) in [6.07, 6.45) is 0.0138. The van der Waals surface area contributed by atoms with Gasteiger partial charge in [-0.3, -0.25) is 29.3 Å². The summed E-state index contributed by atoms with van der Waals surface area (Å²) < 4.78 is 0. The van der Waals surface area contributed by atoms with E-state index >= 15 is 0 Å². The maximum Gasteiger partial charge on any atom is 0.303 e. The zero-order chi connectivity index (χ0) is 14.9. The van der Waals surface area contributed by atoms with Crippen LogP contribution in [-0.2, 0) is 24.0 Å². The zero-order valence-electron chi connectivity index (χ0n) is 10.5. The van der Waals surface area contributed by atoms with Crippen molar-refractivity contribution in [3.05, 3.63) is 11.3 Å². The second-order valence-corrected chi connectivity index (χ2v) is 4.48. The van der Waals surface area contributed by atoms with Crippen molar-refractivity contribution in [2.75, 3.05) is 0 Å². The Bertz CT molecular complexity index is 546. The average Bonchev–Trinajstić information content (AvgIpc) is 2.81. The van der Waals surface area contributed by atoms with E-state index in [0.717, 1.165) is 4.90 Å². The van der Waals surface area contributed by atoms with Crippen LogP contribution in [0.4, 0.5) is 0 Å². The maximum atomic E-state index is 11.7. The van der Waals surface area contributed by atoms with Crippen LogP contribution in [0.3, 0.4) is 0 Å². The minimum absolute atomic E-state index is 0.000139. The second kappa shape index (κ2) is 5.24. The molecule has 1 saturated heterocycles. The van der Waals surface area contributed by atoms with E-state index in [1.54, 1.807) is 0 Å². The van der Waals surface area contributed by atoms with Gasteiger partial charge in [-0.1, -0.05) is 0 Å². The van der Waals surface area contributed by atoms with E-state index in [2.05, 4.69) is 0 Å². The molecule has 0 bridgehead atoms. The topological polar surface area (TPSA) is 121 Å². The number of likely N-dealkylation sites (tertiary alicyclic amines) is 1. The van der Waals surface area contributed by atoms with E-state index < -0.39 is 29.6 Å². The molecular weight excluding hydrogens is 268 g/mol. The number of rotatable bonds is 5. The van der Waals surface area contributed by atoms with Gasteiger partial charge in [0.2, 0.25) is 11.8 Å². The van der Waals surface area contributed by atoms with Crippen LogP contribution < -0.4 is 5.32 Å². The SMILES string of the molecule is O=C(O)CCCC1=C(N2C(=O)CCC2=O)C(=O)NC1=O. The lowest BCUT2D eigenvalue weighted by atomic mass is 10.1. The molecule has 8 nitrogen and oxygen atoms in total. The summed E-state index contributed by atoms with van der Waals surface area (Å²) in [5.41, 5.74) is -0.243. The van der Waals surface area contributed by atoms with E-state index in [9.17, 15) is 24.0 Å². The highest BCUT2D eigenvalue weighted by molar-refractivity contribution is 6.23. The number of carboxylic acid groups (broad SMARTS) is 1. The third-order valence-corrected chi connectivity index (χ3v) is 3.09. The molecule has 2 aliphatic rings.